The molecule has 0 saturated carbocycles. The first-order valence-electron chi connectivity index (χ1n) is 13.4. The van der Waals surface area contributed by atoms with Crippen LogP contribution in [0.5, 0.6) is 0 Å². The number of unbranched alkanes of at least 4 members (excludes halogenated alkanes) is 1. The molecule has 10 heteroatoms. The van der Waals surface area contributed by atoms with E-state index in [0.717, 1.165) is 15.3 Å². The zero-order valence-corrected chi connectivity index (χ0v) is 25.3. The fraction of sp³-hybridized carbons (Fsp3) is 0.433. The van der Waals surface area contributed by atoms with Gasteiger partial charge in [0, 0.05) is 23.3 Å². The van der Waals surface area contributed by atoms with Crippen molar-refractivity contribution in [3.8, 4) is 0 Å². The molecule has 3 rings (SSSR count). The van der Waals surface area contributed by atoms with Gasteiger partial charge in [-0.2, -0.15) is 0 Å². The number of nitrogens with zero attached hydrogens (tertiary/aromatic N) is 2. The third kappa shape index (κ3) is 10.7. The molecule has 8 nitrogen and oxygen atoms in total. The number of hydrogen-bond donors (Lipinski definition) is 1. The molecule has 1 N–H and O–H groups in total. The number of ether oxygens (including phenoxy) is 2. The van der Waals surface area contributed by atoms with Gasteiger partial charge in [-0.1, -0.05) is 42.5 Å². The van der Waals surface area contributed by atoms with Gasteiger partial charge < -0.3 is 19.7 Å². The summed E-state index contributed by atoms with van der Waals surface area (Å²) >= 11 is 3.19. The van der Waals surface area contributed by atoms with Crippen LogP contribution >= 0.6 is 22.7 Å². The first-order chi connectivity index (χ1) is 19.1. The zero-order chi connectivity index (χ0) is 29.0. The Morgan fingerprint density at radius 2 is 1.52 bits per heavy atom. The van der Waals surface area contributed by atoms with Crippen LogP contribution in [-0.4, -0.2) is 53.2 Å². The highest BCUT2D eigenvalue weighted by atomic mass is 32.1. The molecule has 0 aliphatic carbocycles. The third-order valence-electron chi connectivity index (χ3n) is 5.98. The van der Waals surface area contributed by atoms with E-state index in [1.807, 2.05) is 65.4 Å². The fourth-order valence-electron chi connectivity index (χ4n) is 3.97. The topological polar surface area (TPSA) is 88.2 Å². The SMILES string of the molecule is CN(C(=O)OC(C)(C)C)[C@@H](CCCCOC(=O)NCc1ccccc1)C(=O)N(Cc1cccs1)Cc1cccs1. The second-order valence-corrected chi connectivity index (χ2v) is 12.5. The largest absolute Gasteiger partial charge is 0.450 e. The van der Waals surface area contributed by atoms with Crippen LogP contribution in [0.2, 0.25) is 0 Å². The number of nitrogens with one attached hydrogen (secondary N) is 1. The number of alkyl carbamates (subject to hydrolysis) is 1. The predicted molar refractivity (Wildman–Crippen MR) is 159 cm³/mol. The Labute approximate surface area is 244 Å². The maximum absolute atomic E-state index is 14.0. The number of amides is 3. The second-order valence-electron chi connectivity index (χ2n) is 10.4. The number of thiophene rings is 2. The van der Waals surface area contributed by atoms with Crippen molar-refractivity contribution in [3.05, 3.63) is 80.7 Å². The van der Waals surface area contributed by atoms with Gasteiger partial charge in [0.05, 0.1) is 19.7 Å². The predicted octanol–water partition coefficient (Wildman–Crippen LogP) is 6.67. The van der Waals surface area contributed by atoms with E-state index < -0.39 is 23.8 Å². The molecular formula is C30H39N3O5S2. The van der Waals surface area contributed by atoms with Crippen LogP contribution in [0.1, 0.15) is 55.4 Å². The molecule has 0 saturated heterocycles. The van der Waals surface area contributed by atoms with Crippen LogP contribution in [0.25, 0.3) is 0 Å². The first-order valence-corrected chi connectivity index (χ1v) is 15.1. The Balaban J connectivity index is 1.62. The van der Waals surface area contributed by atoms with Crippen molar-refractivity contribution in [2.45, 2.75) is 71.3 Å². The molecule has 2 aromatic heterocycles. The third-order valence-corrected chi connectivity index (χ3v) is 7.71. The second kappa shape index (κ2) is 15.4. The molecular weight excluding hydrogens is 546 g/mol. The summed E-state index contributed by atoms with van der Waals surface area (Å²) in [7, 11) is 1.61. The van der Waals surface area contributed by atoms with Gasteiger partial charge in [-0.3, -0.25) is 9.69 Å². The van der Waals surface area contributed by atoms with Gasteiger partial charge in [0.25, 0.3) is 0 Å². The normalized spacial score (nSPS) is 11.9. The van der Waals surface area contributed by atoms with Gasteiger partial charge in [0.2, 0.25) is 5.91 Å². The highest BCUT2D eigenvalue weighted by molar-refractivity contribution is 7.10. The van der Waals surface area contributed by atoms with E-state index in [4.69, 9.17) is 9.47 Å². The van der Waals surface area contributed by atoms with Crippen LogP contribution in [0.15, 0.2) is 65.4 Å². The van der Waals surface area contributed by atoms with Gasteiger partial charge in [-0.15, -0.1) is 22.7 Å². The molecule has 1 atom stereocenters. The molecule has 40 heavy (non-hydrogen) atoms. The highest BCUT2D eigenvalue weighted by Crippen LogP contribution is 2.22. The van der Waals surface area contributed by atoms with E-state index >= 15 is 0 Å². The highest BCUT2D eigenvalue weighted by Gasteiger charge is 2.33. The lowest BCUT2D eigenvalue weighted by molar-refractivity contribution is -0.138. The minimum absolute atomic E-state index is 0.142. The van der Waals surface area contributed by atoms with Crippen LogP contribution in [0.4, 0.5) is 9.59 Å². The molecule has 0 fully saturated rings. The molecule has 0 unspecified atom stereocenters. The quantitative estimate of drug-likeness (QED) is 0.226. The summed E-state index contributed by atoms with van der Waals surface area (Å²) in [5.41, 5.74) is 0.300. The van der Waals surface area contributed by atoms with Gasteiger partial charge in [0.15, 0.2) is 0 Å². The molecule has 216 valence electrons. The molecule has 1 aromatic carbocycles. The van der Waals surface area contributed by atoms with Crippen LogP contribution in [0, 0.1) is 0 Å². The number of rotatable bonds is 13. The molecule has 0 bridgehead atoms. The van der Waals surface area contributed by atoms with Gasteiger partial charge in [-0.05, 0) is 68.5 Å². The standard InChI is InChI=1S/C30H39N3O5S2/c1-30(2,3)38-29(36)32(4)26(16-8-9-17-37-28(35)31-20-23-12-6-5-7-13-23)27(34)33(21-24-14-10-18-39-24)22-25-15-11-19-40-25/h5-7,10-15,18-19,26H,8-9,16-17,20-22H2,1-4H3,(H,31,35)/t26-/m0/s1. The maximum atomic E-state index is 14.0. The van der Waals surface area contributed by atoms with E-state index in [2.05, 4.69) is 5.32 Å². The number of hydrogen-bond acceptors (Lipinski definition) is 7. The molecule has 0 aliphatic rings. The van der Waals surface area contributed by atoms with Crippen molar-refractivity contribution in [2.75, 3.05) is 13.7 Å². The summed E-state index contributed by atoms with van der Waals surface area (Å²) in [5, 5.41) is 6.72. The molecule has 2 heterocycles. The van der Waals surface area contributed by atoms with Crippen LogP contribution in [0.3, 0.4) is 0 Å². The first kappa shape index (κ1) is 31.2. The monoisotopic (exact) mass is 585 g/mol. The van der Waals surface area contributed by atoms with E-state index in [9.17, 15) is 14.4 Å². The van der Waals surface area contributed by atoms with E-state index in [-0.39, 0.29) is 12.5 Å². The average Bonchev–Trinajstić information content (AvgIpc) is 3.63. The number of benzene rings is 1. The lowest BCUT2D eigenvalue weighted by atomic mass is 10.1. The number of carbonyl (C=O) groups excluding carboxylic acids is 3. The van der Waals surface area contributed by atoms with Crippen molar-refractivity contribution in [2.24, 2.45) is 0 Å². The Kier molecular flexibility index (Phi) is 12.0. The number of carbonyl (C=O) groups is 3. The summed E-state index contributed by atoms with van der Waals surface area (Å²) in [5.74, 6) is -0.142. The minimum Gasteiger partial charge on any atom is -0.450 e. The smallest absolute Gasteiger partial charge is 0.410 e. The zero-order valence-electron chi connectivity index (χ0n) is 23.6. The summed E-state index contributed by atoms with van der Waals surface area (Å²) in [6.07, 6.45) is 0.520. The van der Waals surface area contributed by atoms with Crippen molar-refractivity contribution in [1.29, 1.82) is 0 Å². The number of likely N-dealkylation sites (N-methyl/N-ethyl adjacent to an activating group) is 1. The lowest BCUT2D eigenvalue weighted by Gasteiger charge is -2.33. The Morgan fingerprint density at radius 1 is 0.900 bits per heavy atom. The summed E-state index contributed by atoms with van der Waals surface area (Å²) in [6, 6.07) is 16.8. The average molecular weight is 586 g/mol. The van der Waals surface area contributed by atoms with Crippen molar-refractivity contribution < 1.29 is 23.9 Å². The lowest BCUT2D eigenvalue weighted by Crippen LogP contribution is -2.50. The maximum Gasteiger partial charge on any atom is 0.410 e. The van der Waals surface area contributed by atoms with Gasteiger partial charge in [-0.25, -0.2) is 9.59 Å². The Hall–Kier alpha value is -3.37. The van der Waals surface area contributed by atoms with Crippen LogP contribution < -0.4 is 5.32 Å². The summed E-state index contributed by atoms with van der Waals surface area (Å²) in [6.45, 7) is 6.92. The van der Waals surface area contributed by atoms with E-state index in [1.165, 1.54) is 4.90 Å². The van der Waals surface area contributed by atoms with Crippen molar-refractivity contribution >= 4 is 40.8 Å². The van der Waals surface area contributed by atoms with Gasteiger partial charge >= 0.3 is 12.2 Å². The Morgan fingerprint density at radius 3 is 2.08 bits per heavy atom. The van der Waals surface area contributed by atoms with Gasteiger partial charge in [0.1, 0.15) is 11.6 Å². The van der Waals surface area contributed by atoms with E-state index in [1.54, 1.807) is 55.4 Å². The molecule has 3 amide bonds. The van der Waals surface area contributed by atoms with Crippen LogP contribution in [-0.2, 0) is 33.9 Å². The summed E-state index contributed by atoms with van der Waals surface area (Å²) in [4.78, 5) is 44.4. The van der Waals surface area contributed by atoms with Crippen molar-refractivity contribution in [3.63, 3.8) is 0 Å². The van der Waals surface area contributed by atoms with E-state index in [0.29, 0.717) is 38.9 Å². The fourth-order valence-corrected chi connectivity index (χ4v) is 5.41. The molecule has 0 spiro atoms. The minimum atomic E-state index is -0.721. The molecule has 3 aromatic rings. The van der Waals surface area contributed by atoms with Crippen molar-refractivity contribution in [1.82, 2.24) is 15.1 Å². The molecule has 0 radical (unpaired) electrons. The molecule has 0 aliphatic heterocycles. The Bertz CT molecular complexity index is 1140. The summed E-state index contributed by atoms with van der Waals surface area (Å²) < 4.78 is 10.9.